The molecule has 0 aliphatic heterocycles. The Balaban J connectivity index is 1.49. The fourth-order valence-corrected chi connectivity index (χ4v) is 4.00. The molecule has 4 rings (SSSR count). The largest absolute Gasteiger partial charge is 0.326 e. The van der Waals surface area contributed by atoms with Gasteiger partial charge in [-0.05, 0) is 54.8 Å². The van der Waals surface area contributed by atoms with Gasteiger partial charge in [-0.2, -0.15) is 0 Å². The molecule has 1 unspecified atom stereocenters. The first-order valence-corrected chi connectivity index (χ1v) is 10.6. The third kappa shape index (κ3) is 5.27. The minimum atomic E-state index is -0.386. The molecular formula is C24H22N2O2S. The van der Waals surface area contributed by atoms with Crippen LogP contribution in [0.15, 0.2) is 89.8 Å². The number of thioether (sulfide) groups is 1. The number of nitrogens with one attached hydrogen (secondary N) is 2. The fraction of sp³-hybridized carbons (Fsp3) is 0.167. The van der Waals surface area contributed by atoms with E-state index in [0.29, 0.717) is 0 Å². The van der Waals surface area contributed by atoms with E-state index in [-0.39, 0.29) is 23.0 Å². The maximum absolute atomic E-state index is 13.0. The molecule has 1 saturated carbocycles. The summed E-state index contributed by atoms with van der Waals surface area (Å²) in [6.07, 6.45) is 1.96. The lowest BCUT2D eigenvalue weighted by atomic mass is 10.1. The topological polar surface area (TPSA) is 58.2 Å². The molecule has 3 aromatic rings. The highest BCUT2D eigenvalue weighted by molar-refractivity contribution is 8.00. The molecule has 1 aliphatic carbocycles. The Morgan fingerprint density at radius 2 is 1.34 bits per heavy atom. The molecule has 1 aliphatic rings. The van der Waals surface area contributed by atoms with Crippen molar-refractivity contribution in [1.29, 1.82) is 0 Å². The highest BCUT2D eigenvalue weighted by atomic mass is 32.2. The van der Waals surface area contributed by atoms with Gasteiger partial charge < -0.3 is 10.6 Å². The summed E-state index contributed by atoms with van der Waals surface area (Å²) < 4.78 is 0. The van der Waals surface area contributed by atoms with Crippen LogP contribution in [0.4, 0.5) is 11.4 Å². The minimum absolute atomic E-state index is 0.0708. The second-order valence-electron chi connectivity index (χ2n) is 7.05. The molecular weight excluding hydrogens is 380 g/mol. The van der Waals surface area contributed by atoms with Crippen molar-refractivity contribution in [2.24, 2.45) is 5.92 Å². The molecule has 0 bridgehead atoms. The van der Waals surface area contributed by atoms with E-state index < -0.39 is 0 Å². The van der Waals surface area contributed by atoms with Crippen LogP contribution in [0.3, 0.4) is 0 Å². The van der Waals surface area contributed by atoms with E-state index in [0.717, 1.165) is 34.7 Å². The Morgan fingerprint density at radius 3 is 1.97 bits per heavy atom. The second kappa shape index (κ2) is 8.97. The number of carbonyl (C=O) groups is 2. The molecule has 4 nitrogen and oxygen atoms in total. The summed E-state index contributed by atoms with van der Waals surface area (Å²) in [6.45, 7) is 0. The summed E-state index contributed by atoms with van der Waals surface area (Å²) in [5.41, 5.74) is 2.51. The number of amides is 2. The minimum Gasteiger partial charge on any atom is -0.326 e. The number of hydrogen-bond acceptors (Lipinski definition) is 3. The average Bonchev–Trinajstić information content (AvgIpc) is 3.60. The van der Waals surface area contributed by atoms with Crippen LogP contribution in [0.1, 0.15) is 23.7 Å². The van der Waals surface area contributed by atoms with Crippen LogP contribution < -0.4 is 10.6 Å². The number of rotatable bonds is 7. The van der Waals surface area contributed by atoms with Gasteiger partial charge in [0.15, 0.2) is 0 Å². The Kier molecular flexibility index (Phi) is 5.96. The lowest BCUT2D eigenvalue weighted by Gasteiger charge is -2.17. The number of benzene rings is 3. The van der Waals surface area contributed by atoms with Gasteiger partial charge in [-0.15, -0.1) is 11.8 Å². The summed E-state index contributed by atoms with van der Waals surface area (Å²) in [5, 5.41) is 5.56. The molecule has 146 valence electrons. The SMILES string of the molecule is O=C(Nc1ccc(SC(C(=O)Nc2ccccc2)c2ccccc2)cc1)C1CC1. The van der Waals surface area contributed by atoms with E-state index in [1.165, 1.54) is 11.8 Å². The van der Waals surface area contributed by atoms with Crippen LogP contribution in [0, 0.1) is 5.92 Å². The quantitative estimate of drug-likeness (QED) is 0.513. The smallest absolute Gasteiger partial charge is 0.242 e. The van der Waals surface area contributed by atoms with Crippen LogP contribution in [-0.2, 0) is 9.59 Å². The highest BCUT2D eigenvalue weighted by Crippen LogP contribution is 2.37. The third-order valence-corrected chi connectivity index (χ3v) is 5.97. The zero-order valence-electron chi connectivity index (χ0n) is 15.9. The van der Waals surface area contributed by atoms with Crippen LogP contribution >= 0.6 is 11.8 Å². The van der Waals surface area contributed by atoms with Crippen LogP contribution in [-0.4, -0.2) is 11.8 Å². The zero-order chi connectivity index (χ0) is 20.1. The van der Waals surface area contributed by atoms with Crippen molar-refractivity contribution in [1.82, 2.24) is 0 Å². The van der Waals surface area contributed by atoms with Crippen LogP contribution in [0.2, 0.25) is 0 Å². The van der Waals surface area contributed by atoms with Gasteiger partial charge in [0.1, 0.15) is 5.25 Å². The van der Waals surface area contributed by atoms with Gasteiger partial charge in [0.05, 0.1) is 0 Å². The lowest BCUT2D eigenvalue weighted by molar-refractivity contribution is -0.117. The molecule has 0 spiro atoms. The van der Waals surface area contributed by atoms with Crippen LogP contribution in [0.5, 0.6) is 0 Å². The number of hydrogen-bond donors (Lipinski definition) is 2. The van der Waals surface area contributed by atoms with Gasteiger partial charge in [0, 0.05) is 22.2 Å². The molecule has 5 heteroatoms. The average molecular weight is 403 g/mol. The summed E-state index contributed by atoms with van der Waals surface area (Å²) in [6, 6.07) is 26.9. The van der Waals surface area contributed by atoms with Gasteiger partial charge in [0.2, 0.25) is 11.8 Å². The standard InChI is InChI=1S/C24H22N2O2S/c27-23(18-11-12-18)25-20-13-15-21(16-14-20)29-22(17-7-3-1-4-8-17)24(28)26-19-9-5-2-6-10-19/h1-10,13-16,18,22H,11-12H2,(H,25,27)(H,26,28). The monoisotopic (exact) mass is 402 g/mol. The molecule has 29 heavy (non-hydrogen) atoms. The van der Waals surface area contributed by atoms with Crippen molar-refractivity contribution >= 4 is 35.0 Å². The first kappa shape index (κ1) is 19.3. The van der Waals surface area contributed by atoms with Gasteiger partial charge in [-0.1, -0.05) is 48.5 Å². The predicted molar refractivity (Wildman–Crippen MR) is 118 cm³/mol. The number of para-hydroxylation sites is 1. The van der Waals surface area contributed by atoms with E-state index in [4.69, 9.17) is 0 Å². The molecule has 1 atom stereocenters. The molecule has 1 fully saturated rings. The van der Waals surface area contributed by atoms with E-state index in [9.17, 15) is 9.59 Å². The molecule has 0 saturated heterocycles. The Bertz CT molecular complexity index is 971. The summed E-state index contributed by atoms with van der Waals surface area (Å²) >= 11 is 1.49. The van der Waals surface area contributed by atoms with Crippen molar-refractivity contribution in [3.63, 3.8) is 0 Å². The summed E-state index contributed by atoms with van der Waals surface area (Å²) in [5.74, 6) is 0.196. The number of anilines is 2. The highest BCUT2D eigenvalue weighted by Gasteiger charge is 2.29. The van der Waals surface area contributed by atoms with E-state index in [1.54, 1.807) is 0 Å². The molecule has 2 N–H and O–H groups in total. The molecule has 0 radical (unpaired) electrons. The third-order valence-electron chi connectivity index (χ3n) is 4.71. The van der Waals surface area contributed by atoms with Crippen molar-refractivity contribution in [2.75, 3.05) is 10.6 Å². The molecule has 0 aromatic heterocycles. The lowest BCUT2D eigenvalue weighted by Crippen LogP contribution is -2.19. The van der Waals surface area contributed by atoms with Crippen LogP contribution in [0.25, 0.3) is 0 Å². The van der Waals surface area contributed by atoms with Crippen molar-refractivity contribution in [3.8, 4) is 0 Å². The number of carbonyl (C=O) groups excluding carboxylic acids is 2. The first-order chi connectivity index (χ1) is 14.2. The predicted octanol–water partition coefficient (Wildman–Crippen LogP) is 5.51. The maximum atomic E-state index is 13.0. The van der Waals surface area contributed by atoms with Crippen molar-refractivity contribution in [2.45, 2.75) is 23.0 Å². The molecule has 0 heterocycles. The van der Waals surface area contributed by atoms with E-state index in [1.807, 2.05) is 84.9 Å². The molecule has 3 aromatic carbocycles. The van der Waals surface area contributed by atoms with E-state index in [2.05, 4.69) is 10.6 Å². The van der Waals surface area contributed by atoms with E-state index >= 15 is 0 Å². The second-order valence-corrected chi connectivity index (χ2v) is 8.23. The zero-order valence-corrected chi connectivity index (χ0v) is 16.7. The van der Waals surface area contributed by atoms with Gasteiger partial charge >= 0.3 is 0 Å². The van der Waals surface area contributed by atoms with Gasteiger partial charge in [-0.3, -0.25) is 9.59 Å². The Hall–Kier alpha value is -3.05. The van der Waals surface area contributed by atoms with Crippen molar-refractivity contribution < 1.29 is 9.59 Å². The normalized spacial score (nSPS) is 14.1. The fourth-order valence-electron chi connectivity index (χ4n) is 2.97. The molecule has 2 amide bonds. The maximum Gasteiger partial charge on any atom is 0.242 e. The summed E-state index contributed by atoms with van der Waals surface area (Å²) in [4.78, 5) is 25.9. The summed E-state index contributed by atoms with van der Waals surface area (Å²) in [7, 11) is 0. The van der Waals surface area contributed by atoms with Gasteiger partial charge in [0.25, 0.3) is 0 Å². The Labute approximate surface area is 174 Å². The Morgan fingerprint density at radius 1 is 0.759 bits per heavy atom. The van der Waals surface area contributed by atoms with Gasteiger partial charge in [-0.25, -0.2) is 0 Å². The first-order valence-electron chi connectivity index (χ1n) is 9.67. The van der Waals surface area contributed by atoms with Crippen molar-refractivity contribution in [3.05, 3.63) is 90.5 Å².